The van der Waals surface area contributed by atoms with E-state index in [4.69, 9.17) is 9.47 Å². The van der Waals surface area contributed by atoms with Gasteiger partial charge in [0.2, 0.25) is 15.9 Å². The Hall–Kier alpha value is -1.64. The third-order valence-corrected chi connectivity index (χ3v) is 5.72. The van der Waals surface area contributed by atoms with Crippen molar-refractivity contribution in [2.75, 3.05) is 39.6 Å². The zero-order valence-corrected chi connectivity index (χ0v) is 16.3. The number of nitrogens with one attached hydrogen (secondary N) is 1. The van der Waals surface area contributed by atoms with Crippen molar-refractivity contribution in [2.45, 2.75) is 31.8 Å². The number of carbonyl (C=O) groups excluding carboxylic acids is 1. The summed E-state index contributed by atoms with van der Waals surface area (Å²) in [5, 5.41) is 2.82. The van der Waals surface area contributed by atoms with Crippen molar-refractivity contribution >= 4 is 15.9 Å². The molecule has 0 bridgehead atoms. The van der Waals surface area contributed by atoms with Gasteiger partial charge in [0.05, 0.1) is 19.5 Å². The summed E-state index contributed by atoms with van der Waals surface area (Å²) in [7, 11) is -1.77. The maximum atomic E-state index is 12.0. The minimum atomic E-state index is -3.37. The first-order valence-electron chi connectivity index (χ1n) is 8.85. The zero-order chi connectivity index (χ0) is 19.0. The number of hydrogen-bond donors (Lipinski definition) is 1. The molecular formula is C18H28N2O5S. The highest BCUT2D eigenvalue weighted by molar-refractivity contribution is 7.88. The standard InChI is InChI=1S/C18H28N2O5S/c1-24-16-7-5-15(6-8-16)9-11-20(26(2,22)23)12-10-18(21)19-14-17-4-3-13-25-17/h5-8,17H,3-4,9-14H2,1-2H3,(H,19,21). The normalized spacial score (nSPS) is 17.4. The molecule has 1 unspecified atom stereocenters. The van der Waals surface area contributed by atoms with Crippen LogP contribution in [0, 0.1) is 0 Å². The number of ether oxygens (including phenoxy) is 2. The lowest BCUT2D eigenvalue weighted by Gasteiger charge is -2.20. The van der Waals surface area contributed by atoms with Gasteiger partial charge in [-0.05, 0) is 37.0 Å². The first-order valence-corrected chi connectivity index (χ1v) is 10.7. The molecule has 0 radical (unpaired) electrons. The highest BCUT2D eigenvalue weighted by atomic mass is 32.2. The molecule has 1 aromatic carbocycles. The Kier molecular flexibility index (Phi) is 7.86. The van der Waals surface area contributed by atoms with Gasteiger partial charge in [-0.1, -0.05) is 12.1 Å². The van der Waals surface area contributed by atoms with Crippen LogP contribution in [-0.2, 0) is 26.0 Å². The molecule has 1 aromatic rings. The van der Waals surface area contributed by atoms with Crippen LogP contribution in [0.15, 0.2) is 24.3 Å². The Bertz CT molecular complexity index is 669. The lowest BCUT2D eigenvalue weighted by molar-refractivity contribution is -0.121. The quantitative estimate of drug-likeness (QED) is 0.655. The lowest BCUT2D eigenvalue weighted by Crippen LogP contribution is -2.37. The molecule has 7 nitrogen and oxygen atoms in total. The maximum Gasteiger partial charge on any atom is 0.221 e. The molecule has 1 aliphatic rings. The van der Waals surface area contributed by atoms with Gasteiger partial charge in [-0.25, -0.2) is 12.7 Å². The summed E-state index contributed by atoms with van der Waals surface area (Å²) in [6, 6.07) is 7.51. The average Bonchev–Trinajstić information content (AvgIpc) is 3.13. The lowest BCUT2D eigenvalue weighted by atomic mass is 10.1. The minimum Gasteiger partial charge on any atom is -0.497 e. The van der Waals surface area contributed by atoms with Crippen molar-refractivity contribution in [3.05, 3.63) is 29.8 Å². The average molecular weight is 384 g/mol. The number of rotatable bonds is 10. The van der Waals surface area contributed by atoms with Crippen molar-refractivity contribution in [1.82, 2.24) is 9.62 Å². The molecule has 1 heterocycles. The van der Waals surface area contributed by atoms with Crippen LogP contribution in [0.1, 0.15) is 24.8 Å². The Morgan fingerprint density at radius 2 is 2.04 bits per heavy atom. The molecular weight excluding hydrogens is 356 g/mol. The number of methoxy groups -OCH3 is 1. The molecule has 8 heteroatoms. The largest absolute Gasteiger partial charge is 0.497 e. The van der Waals surface area contributed by atoms with Gasteiger partial charge in [-0.3, -0.25) is 4.79 Å². The van der Waals surface area contributed by atoms with Crippen molar-refractivity contribution < 1.29 is 22.7 Å². The molecule has 1 atom stereocenters. The van der Waals surface area contributed by atoms with E-state index >= 15 is 0 Å². The van der Waals surface area contributed by atoms with E-state index in [1.165, 1.54) is 10.6 Å². The number of carbonyl (C=O) groups is 1. The minimum absolute atomic E-state index is 0.0834. The molecule has 1 amide bonds. The summed E-state index contributed by atoms with van der Waals surface area (Å²) in [5.74, 6) is 0.607. The molecule has 146 valence electrons. The summed E-state index contributed by atoms with van der Waals surface area (Å²) >= 11 is 0. The van der Waals surface area contributed by atoms with Gasteiger partial charge in [-0.15, -0.1) is 0 Å². The van der Waals surface area contributed by atoms with Crippen molar-refractivity contribution in [2.24, 2.45) is 0 Å². The molecule has 1 saturated heterocycles. The van der Waals surface area contributed by atoms with Crippen LogP contribution in [0.3, 0.4) is 0 Å². The van der Waals surface area contributed by atoms with Crippen LogP contribution in [0.4, 0.5) is 0 Å². The van der Waals surface area contributed by atoms with E-state index in [9.17, 15) is 13.2 Å². The van der Waals surface area contributed by atoms with E-state index in [2.05, 4.69) is 5.32 Å². The molecule has 2 rings (SSSR count). The van der Waals surface area contributed by atoms with Gasteiger partial charge in [0.1, 0.15) is 5.75 Å². The molecule has 0 spiro atoms. The van der Waals surface area contributed by atoms with Gasteiger partial charge >= 0.3 is 0 Å². The number of benzene rings is 1. The second-order valence-electron chi connectivity index (χ2n) is 6.45. The van der Waals surface area contributed by atoms with E-state index in [1.807, 2.05) is 24.3 Å². The van der Waals surface area contributed by atoms with Crippen LogP contribution in [-0.4, -0.2) is 64.3 Å². The Balaban J connectivity index is 1.79. The van der Waals surface area contributed by atoms with Gasteiger partial charge in [0.25, 0.3) is 0 Å². The Morgan fingerprint density at radius 3 is 2.62 bits per heavy atom. The number of nitrogens with zero attached hydrogens (tertiary/aromatic N) is 1. The first-order chi connectivity index (χ1) is 12.4. The zero-order valence-electron chi connectivity index (χ0n) is 15.4. The van der Waals surface area contributed by atoms with Gasteiger partial charge in [0, 0.05) is 32.7 Å². The summed E-state index contributed by atoms with van der Waals surface area (Å²) in [5.41, 5.74) is 1.02. The highest BCUT2D eigenvalue weighted by Crippen LogP contribution is 2.13. The van der Waals surface area contributed by atoms with Crippen LogP contribution in [0.2, 0.25) is 0 Å². The number of amides is 1. The highest BCUT2D eigenvalue weighted by Gasteiger charge is 2.19. The summed E-state index contributed by atoms with van der Waals surface area (Å²) in [6.45, 7) is 1.74. The van der Waals surface area contributed by atoms with E-state index in [0.717, 1.165) is 30.8 Å². The van der Waals surface area contributed by atoms with Crippen molar-refractivity contribution in [3.63, 3.8) is 0 Å². The van der Waals surface area contributed by atoms with Gasteiger partial charge in [0.15, 0.2) is 0 Å². The van der Waals surface area contributed by atoms with Crippen LogP contribution in [0.25, 0.3) is 0 Å². The fourth-order valence-corrected chi connectivity index (χ4v) is 3.68. The van der Waals surface area contributed by atoms with E-state index < -0.39 is 10.0 Å². The number of sulfonamides is 1. The second kappa shape index (κ2) is 9.89. The van der Waals surface area contributed by atoms with E-state index in [1.54, 1.807) is 7.11 Å². The predicted molar refractivity (Wildman–Crippen MR) is 99.7 cm³/mol. The van der Waals surface area contributed by atoms with Crippen molar-refractivity contribution in [3.8, 4) is 5.75 Å². The van der Waals surface area contributed by atoms with Crippen LogP contribution in [0.5, 0.6) is 5.75 Å². The SMILES string of the molecule is COc1ccc(CCN(CCC(=O)NCC2CCCO2)S(C)(=O)=O)cc1. The summed E-state index contributed by atoms with van der Waals surface area (Å²) < 4.78 is 35.9. The second-order valence-corrected chi connectivity index (χ2v) is 8.43. The van der Waals surface area contributed by atoms with Crippen molar-refractivity contribution in [1.29, 1.82) is 0 Å². The van der Waals surface area contributed by atoms with Gasteiger partial charge in [-0.2, -0.15) is 0 Å². The fraction of sp³-hybridized carbons (Fsp3) is 0.611. The molecule has 1 N–H and O–H groups in total. The van der Waals surface area contributed by atoms with Gasteiger partial charge < -0.3 is 14.8 Å². The summed E-state index contributed by atoms with van der Waals surface area (Å²) in [4.78, 5) is 12.0. The number of hydrogen-bond acceptors (Lipinski definition) is 5. The van der Waals surface area contributed by atoms with Crippen LogP contribution >= 0.6 is 0 Å². The predicted octanol–water partition coefficient (Wildman–Crippen LogP) is 1.18. The monoisotopic (exact) mass is 384 g/mol. The fourth-order valence-electron chi connectivity index (χ4n) is 2.84. The van der Waals surface area contributed by atoms with E-state index in [0.29, 0.717) is 19.5 Å². The molecule has 0 saturated carbocycles. The van der Waals surface area contributed by atoms with E-state index in [-0.39, 0.29) is 25.0 Å². The molecule has 26 heavy (non-hydrogen) atoms. The first kappa shape index (κ1) is 20.7. The topological polar surface area (TPSA) is 84.9 Å². The maximum absolute atomic E-state index is 12.0. The Labute approximate surface area is 155 Å². The molecule has 0 aromatic heterocycles. The summed E-state index contributed by atoms with van der Waals surface area (Å²) in [6.07, 6.45) is 3.95. The Morgan fingerprint density at radius 1 is 1.31 bits per heavy atom. The molecule has 1 fully saturated rings. The smallest absolute Gasteiger partial charge is 0.221 e. The third-order valence-electron chi connectivity index (χ3n) is 4.42. The third kappa shape index (κ3) is 6.93. The van der Waals surface area contributed by atoms with Crippen LogP contribution < -0.4 is 10.1 Å². The molecule has 0 aliphatic carbocycles. The molecule has 1 aliphatic heterocycles.